The van der Waals surface area contributed by atoms with Crippen LogP contribution in [0.2, 0.25) is 5.02 Å². The van der Waals surface area contributed by atoms with Crippen LogP contribution in [0, 0.1) is 6.92 Å². The first-order valence-corrected chi connectivity index (χ1v) is 6.47. The van der Waals surface area contributed by atoms with Gasteiger partial charge in [0, 0.05) is 10.9 Å². The van der Waals surface area contributed by atoms with Crippen molar-refractivity contribution in [3.8, 4) is 0 Å². The lowest BCUT2D eigenvalue weighted by Gasteiger charge is -2.10. The number of halogens is 2. The third-order valence-corrected chi connectivity index (χ3v) is 3.03. The monoisotopic (exact) mass is 303 g/mol. The zero-order valence-electron chi connectivity index (χ0n) is 9.44. The van der Waals surface area contributed by atoms with E-state index in [-0.39, 0.29) is 5.91 Å². The molecule has 2 nitrogen and oxygen atoms in total. The van der Waals surface area contributed by atoms with Gasteiger partial charge in [0.25, 0.3) is 0 Å². The number of hydrogen-bond acceptors (Lipinski definition) is 1. The Kier molecular flexibility index (Phi) is 5.29. The number of unbranched alkanes of at least 4 members (excludes halogenated alkanes) is 1. The number of amides is 1. The fourth-order valence-corrected chi connectivity index (χ4v) is 2.42. The first kappa shape index (κ1) is 13.5. The highest BCUT2D eigenvalue weighted by atomic mass is 79.9. The van der Waals surface area contributed by atoms with Crippen molar-refractivity contribution in [1.82, 2.24) is 0 Å². The average Bonchev–Trinajstić information content (AvgIpc) is 2.20. The van der Waals surface area contributed by atoms with Crippen molar-refractivity contribution in [1.29, 1.82) is 0 Å². The third-order valence-electron chi connectivity index (χ3n) is 2.27. The van der Waals surface area contributed by atoms with Gasteiger partial charge >= 0.3 is 0 Å². The van der Waals surface area contributed by atoms with Crippen LogP contribution in [0.5, 0.6) is 0 Å². The number of rotatable bonds is 4. The largest absolute Gasteiger partial charge is 0.325 e. The number of benzene rings is 1. The second-order valence-electron chi connectivity index (χ2n) is 3.73. The smallest absolute Gasteiger partial charge is 0.224 e. The van der Waals surface area contributed by atoms with Crippen molar-refractivity contribution in [3.05, 3.63) is 27.2 Å². The van der Waals surface area contributed by atoms with Gasteiger partial charge in [0.1, 0.15) is 0 Å². The van der Waals surface area contributed by atoms with Gasteiger partial charge in [-0.25, -0.2) is 0 Å². The predicted octanol–water partition coefficient (Wildman–Crippen LogP) is 4.54. The summed E-state index contributed by atoms with van der Waals surface area (Å²) in [7, 11) is 0. The highest BCUT2D eigenvalue weighted by molar-refractivity contribution is 9.10. The summed E-state index contributed by atoms with van der Waals surface area (Å²) in [5, 5.41) is 3.42. The molecule has 1 amide bonds. The number of anilines is 1. The van der Waals surface area contributed by atoms with E-state index in [2.05, 4.69) is 28.2 Å². The molecule has 0 bridgehead atoms. The van der Waals surface area contributed by atoms with Crippen LogP contribution in [0.15, 0.2) is 16.6 Å². The van der Waals surface area contributed by atoms with Gasteiger partial charge in [-0.15, -0.1) is 0 Å². The Bertz CT molecular complexity index is 370. The molecule has 1 aromatic carbocycles. The van der Waals surface area contributed by atoms with E-state index >= 15 is 0 Å². The molecule has 1 rings (SSSR count). The molecule has 0 aliphatic rings. The van der Waals surface area contributed by atoms with Gasteiger partial charge in [-0.1, -0.05) is 40.9 Å². The second-order valence-corrected chi connectivity index (χ2v) is 5.05. The van der Waals surface area contributed by atoms with Crippen molar-refractivity contribution >= 4 is 39.1 Å². The van der Waals surface area contributed by atoms with Crippen molar-refractivity contribution in [2.75, 3.05) is 5.32 Å². The number of aryl methyl sites for hydroxylation is 1. The maximum absolute atomic E-state index is 11.6. The zero-order valence-corrected chi connectivity index (χ0v) is 11.8. The Morgan fingerprint density at radius 2 is 2.19 bits per heavy atom. The molecular weight excluding hydrogens is 289 g/mol. The molecule has 0 fully saturated rings. The molecule has 0 aromatic heterocycles. The Balaban J connectivity index is 2.77. The van der Waals surface area contributed by atoms with Gasteiger partial charge in [-0.2, -0.15) is 0 Å². The summed E-state index contributed by atoms with van der Waals surface area (Å²) in [6.07, 6.45) is 2.46. The summed E-state index contributed by atoms with van der Waals surface area (Å²) < 4.78 is 0.918. The Morgan fingerprint density at radius 1 is 1.50 bits per heavy atom. The van der Waals surface area contributed by atoms with Crippen LogP contribution in [0.4, 0.5) is 5.69 Å². The van der Waals surface area contributed by atoms with Crippen LogP contribution in [0.1, 0.15) is 31.7 Å². The summed E-state index contributed by atoms with van der Waals surface area (Å²) in [4.78, 5) is 11.6. The molecule has 1 N–H and O–H groups in total. The standard InChI is InChI=1S/C12H15BrClNO/c1-3-4-5-11(16)15-12-8(2)6-9(13)7-10(12)14/h6-7H,3-5H2,1-2H3,(H,15,16). The van der Waals surface area contributed by atoms with Crippen LogP contribution < -0.4 is 5.32 Å². The van der Waals surface area contributed by atoms with E-state index in [1.165, 1.54) is 0 Å². The number of nitrogens with one attached hydrogen (secondary N) is 1. The molecule has 0 saturated carbocycles. The van der Waals surface area contributed by atoms with Gasteiger partial charge in [0.2, 0.25) is 5.91 Å². The molecular formula is C12H15BrClNO. The molecule has 0 saturated heterocycles. The molecule has 0 radical (unpaired) electrons. The summed E-state index contributed by atoms with van der Waals surface area (Å²) in [6, 6.07) is 3.71. The van der Waals surface area contributed by atoms with E-state index < -0.39 is 0 Å². The van der Waals surface area contributed by atoms with Crippen molar-refractivity contribution < 1.29 is 4.79 Å². The first-order chi connectivity index (χ1) is 7.54. The molecule has 0 aliphatic carbocycles. The first-order valence-electron chi connectivity index (χ1n) is 5.30. The number of carbonyl (C=O) groups excluding carboxylic acids is 1. The molecule has 88 valence electrons. The summed E-state index contributed by atoms with van der Waals surface area (Å²) in [6.45, 7) is 3.98. The van der Waals surface area contributed by atoms with Crippen molar-refractivity contribution in [2.24, 2.45) is 0 Å². The third kappa shape index (κ3) is 3.80. The summed E-state index contributed by atoms with van der Waals surface area (Å²) in [5.41, 5.74) is 1.68. The van der Waals surface area contributed by atoms with E-state index in [0.29, 0.717) is 17.1 Å². The zero-order chi connectivity index (χ0) is 12.1. The predicted molar refractivity (Wildman–Crippen MR) is 72.0 cm³/mol. The van der Waals surface area contributed by atoms with E-state index in [0.717, 1.165) is 22.9 Å². The van der Waals surface area contributed by atoms with Crippen LogP contribution in [0.25, 0.3) is 0 Å². The fraction of sp³-hybridized carbons (Fsp3) is 0.417. The number of carbonyl (C=O) groups is 1. The van der Waals surface area contributed by atoms with Crippen LogP contribution in [-0.2, 0) is 4.79 Å². The molecule has 0 aliphatic heterocycles. The summed E-state index contributed by atoms with van der Waals surface area (Å²) in [5.74, 6) is 0.0224. The lowest BCUT2D eigenvalue weighted by Crippen LogP contribution is -2.12. The van der Waals surface area contributed by atoms with Gasteiger partial charge in [0.15, 0.2) is 0 Å². The maximum atomic E-state index is 11.6. The molecule has 0 heterocycles. The molecule has 0 atom stereocenters. The molecule has 16 heavy (non-hydrogen) atoms. The Morgan fingerprint density at radius 3 is 2.75 bits per heavy atom. The lowest BCUT2D eigenvalue weighted by molar-refractivity contribution is -0.116. The number of hydrogen-bond donors (Lipinski definition) is 1. The van der Waals surface area contributed by atoms with Gasteiger partial charge < -0.3 is 5.32 Å². The minimum absolute atomic E-state index is 0.0224. The highest BCUT2D eigenvalue weighted by Crippen LogP contribution is 2.29. The second kappa shape index (κ2) is 6.26. The average molecular weight is 305 g/mol. The topological polar surface area (TPSA) is 29.1 Å². The van der Waals surface area contributed by atoms with Crippen LogP contribution >= 0.6 is 27.5 Å². The Labute approximate surface area is 110 Å². The van der Waals surface area contributed by atoms with Crippen LogP contribution in [-0.4, -0.2) is 5.91 Å². The van der Waals surface area contributed by atoms with Gasteiger partial charge in [-0.3, -0.25) is 4.79 Å². The highest BCUT2D eigenvalue weighted by Gasteiger charge is 2.09. The maximum Gasteiger partial charge on any atom is 0.224 e. The van der Waals surface area contributed by atoms with Crippen molar-refractivity contribution in [2.45, 2.75) is 33.1 Å². The van der Waals surface area contributed by atoms with E-state index in [4.69, 9.17) is 11.6 Å². The van der Waals surface area contributed by atoms with Crippen LogP contribution in [0.3, 0.4) is 0 Å². The SMILES string of the molecule is CCCCC(=O)Nc1c(C)cc(Br)cc1Cl. The van der Waals surface area contributed by atoms with Gasteiger partial charge in [0.05, 0.1) is 10.7 Å². The fourth-order valence-electron chi connectivity index (χ4n) is 1.40. The lowest BCUT2D eigenvalue weighted by atomic mass is 10.2. The minimum atomic E-state index is 0.0224. The quantitative estimate of drug-likeness (QED) is 0.869. The summed E-state index contributed by atoms with van der Waals surface area (Å²) >= 11 is 9.43. The molecule has 0 unspecified atom stereocenters. The normalized spacial score (nSPS) is 10.2. The molecule has 0 spiro atoms. The molecule has 1 aromatic rings. The minimum Gasteiger partial charge on any atom is -0.325 e. The van der Waals surface area contributed by atoms with Crippen molar-refractivity contribution in [3.63, 3.8) is 0 Å². The Hall–Kier alpha value is -0.540. The van der Waals surface area contributed by atoms with Gasteiger partial charge in [-0.05, 0) is 31.0 Å². The molecule has 4 heteroatoms. The van der Waals surface area contributed by atoms with E-state index in [1.807, 2.05) is 13.0 Å². The van der Waals surface area contributed by atoms with E-state index in [9.17, 15) is 4.79 Å². The van der Waals surface area contributed by atoms with E-state index in [1.54, 1.807) is 6.07 Å².